The Morgan fingerprint density at radius 2 is 1.93 bits per heavy atom. The summed E-state index contributed by atoms with van der Waals surface area (Å²) < 4.78 is 42.8. The fraction of sp³-hybridized carbons (Fsp3) is 0.375. The molecule has 1 N–H and O–H groups in total. The average molecular weight is 580 g/mol. The van der Waals surface area contributed by atoms with Gasteiger partial charge < -0.3 is 18.6 Å². The van der Waals surface area contributed by atoms with E-state index in [2.05, 4.69) is 52.5 Å². The van der Waals surface area contributed by atoms with Crippen LogP contribution in [0.1, 0.15) is 64.4 Å². The lowest BCUT2D eigenvalue weighted by atomic mass is 9.99. The summed E-state index contributed by atoms with van der Waals surface area (Å²) in [6, 6.07) is 14.9. The third kappa shape index (κ3) is 7.87. The normalized spacial score (nSPS) is 12.6. The van der Waals surface area contributed by atoms with Gasteiger partial charge in [-0.2, -0.15) is 0 Å². The van der Waals surface area contributed by atoms with E-state index in [1.807, 2.05) is 32.9 Å². The van der Waals surface area contributed by atoms with E-state index in [9.17, 15) is 13.7 Å². The molecule has 2 aromatic carbocycles. The fourth-order valence-electron chi connectivity index (χ4n) is 4.53. The molecule has 4 aromatic rings. The van der Waals surface area contributed by atoms with E-state index in [4.69, 9.17) is 9.47 Å². The molecule has 0 saturated carbocycles. The number of fused-ring (bicyclic) bond motifs is 1. The molecule has 2 heterocycles. The quantitative estimate of drug-likeness (QED) is 0.158. The van der Waals surface area contributed by atoms with Crippen LogP contribution in [0.4, 0.5) is 4.39 Å². The van der Waals surface area contributed by atoms with Gasteiger partial charge in [0.2, 0.25) is 0 Å². The SMILES string of the molecule is CC(=O)OCCc1ccc(F)cc1OCc1cc(-c2ccnc(CN[S@@+]([O-])C(C)(C)C)c2)c2ccn(C(C)C)c2c1. The van der Waals surface area contributed by atoms with E-state index in [1.165, 1.54) is 19.1 Å². The highest BCUT2D eigenvalue weighted by Gasteiger charge is 2.26. The minimum Gasteiger partial charge on any atom is -0.598 e. The Hall–Kier alpha value is -3.40. The van der Waals surface area contributed by atoms with Crippen molar-refractivity contribution in [2.24, 2.45) is 0 Å². The fourth-order valence-corrected chi connectivity index (χ4v) is 5.24. The summed E-state index contributed by atoms with van der Waals surface area (Å²) in [5.74, 6) is -0.338. The van der Waals surface area contributed by atoms with Gasteiger partial charge in [0.1, 0.15) is 22.9 Å². The average Bonchev–Trinajstić information content (AvgIpc) is 3.35. The molecule has 0 spiro atoms. The van der Waals surface area contributed by atoms with Crippen molar-refractivity contribution in [1.82, 2.24) is 14.3 Å². The lowest BCUT2D eigenvalue weighted by molar-refractivity contribution is -0.140. The predicted molar refractivity (Wildman–Crippen MR) is 161 cm³/mol. The maximum Gasteiger partial charge on any atom is 0.302 e. The van der Waals surface area contributed by atoms with Crippen LogP contribution in [0.5, 0.6) is 5.75 Å². The van der Waals surface area contributed by atoms with Crippen molar-refractivity contribution in [1.29, 1.82) is 0 Å². The number of esters is 1. The van der Waals surface area contributed by atoms with Crippen LogP contribution in [0, 0.1) is 5.82 Å². The van der Waals surface area contributed by atoms with Crippen molar-refractivity contribution in [3.63, 3.8) is 0 Å². The van der Waals surface area contributed by atoms with Crippen LogP contribution in [0.25, 0.3) is 22.0 Å². The molecular weight excluding hydrogens is 541 g/mol. The van der Waals surface area contributed by atoms with Gasteiger partial charge in [-0.15, -0.1) is 4.72 Å². The highest BCUT2D eigenvalue weighted by atomic mass is 32.2. The zero-order valence-corrected chi connectivity index (χ0v) is 25.3. The molecule has 0 amide bonds. The summed E-state index contributed by atoms with van der Waals surface area (Å²) in [7, 11) is 0. The second-order valence-electron chi connectivity index (χ2n) is 11.3. The molecule has 41 heavy (non-hydrogen) atoms. The largest absolute Gasteiger partial charge is 0.598 e. The van der Waals surface area contributed by atoms with Crippen molar-refractivity contribution in [2.75, 3.05) is 6.61 Å². The standard InChI is InChI=1S/C32H38FN3O4S/c1-21(2)36-13-10-28-29(25-9-12-34-27(17-25)19-35-41(38)32(4,5)6)15-23(16-30(28)36)20-40-31-18-26(33)8-7-24(31)11-14-39-22(3)37/h7-10,12-13,15-18,21,35H,11,14,19-20H2,1-6H3/t41-/m0/s1. The van der Waals surface area contributed by atoms with Crippen LogP contribution in [-0.4, -0.2) is 31.4 Å². The number of pyridine rings is 1. The highest BCUT2D eigenvalue weighted by Crippen LogP contribution is 2.33. The molecule has 0 bridgehead atoms. The molecule has 218 valence electrons. The lowest BCUT2D eigenvalue weighted by Crippen LogP contribution is -2.39. The van der Waals surface area contributed by atoms with Crippen molar-refractivity contribution in [2.45, 2.75) is 71.9 Å². The van der Waals surface area contributed by atoms with E-state index in [0.717, 1.165) is 38.9 Å². The van der Waals surface area contributed by atoms with Gasteiger partial charge in [-0.05, 0) is 93.3 Å². The van der Waals surface area contributed by atoms with Crippen LogP contribution in [0.15, 0.2) is 60.9 Å². The van der Waals surface area contributed by atoms with Crippen molar-refractivity contribution >= 4 is 28.2 Å². The number of hydrogen-bond donors (Lipinski definition) is 1. The van der Waals surface area contributed by atoms with Gasteiger partial charge in [0.05, 0.1) is 18.8 Å². The van der Waals surface area contributed by atoms with Crippen molar-refractivity contribution in [3.05, 3.63) is 83.6 Å². The van der Waals surface area contributed by atoms with Crippen LogP contribution < -0.4 is 9.46 Å². The Bertz CT molecular complexity index is 1510. The Balaban J connectivity index is 1.65. The molecular formula is C32H38FN3O4S. The minimum atomic E-state index is -1.21. The zero-order chi connectivity index (χ0) is 29.7. The minimum absolute atomic E-state index is 0.192. The monoisotopic (exact) mass is 579 g/mol. The van der Waals surface area contributed by atoms with Gasteiger partial charge in [-0.1, -0.05) is 6.07 Å². The van der Waals surface area contributed by atoms with E-state index < -0.39 is 17.2 Å². The van der Waals surface area contributed by atoms with Crippen LogP contribution in [0.3, 0.4) is 0 Å². The number of aromatic nitrogens is 2. The number of carbonyl (C=O) groups excluding carboxylic acids is 1. The summed E-state index contributed by atoms with van der Waals surface area (Å²) in [6.07, 6.45) is 4.27. The smallest absolute Gasteiger partial charge is 0.302 e. The van der Waals surface area contributed by atoms with Gasteiger partial charge in [0.25, 0.3) is 0 Å². The zero-order valence-electron chi connectivity index (χ0n) is 24.5. The maximum atomic E-state index is 14.1. The Labute approximate surface area is 244 Å². The van der Waals surface area contributed by atoms with Gasteiger partial charge in [0, 0.05) is 60.1 Å². The Morgan fingerprint density at radius 1 is 1.15 bits per heavy atom. The Kier molecular flexibility index (Phi) is 9.73. The summed E-state index contributed by atoms with van der Waals surface area (Å²) in [4.78, 5) is 15.7. The van der Waals surface area contributed by atoms with E-state index in [-0.39, 0.29) is 30.0 Å². The number of carbonyl (C=O) groups is 1. The first-order chi connectivity index (χ1) is 19.4. The molecule has 0 aliphatic carbocycles. The summed E-state index contributed by atoms with van der Waals surface area (Å²) in [5.41, 5.74) is 5.55. The van der Waals surface area contributed by atoms with Crippen LogP contribution >= 0.6 is 0 Å². The van der Waals surface area contributed by atoms with Gasteiger partial charge >= 0.3 is 5.97 Å². The van der Waals surface area contributed by atoms with Crippen LogP contribution in [-0.2, 0) is 40.5 Å². The molecule has 0 fully saturated rings. The van der Waals surface area contributed by atoms with Crippen molar-refractivity contribution < 1.29 is 23.2 Å². The topological polar surface area (TPSA) is 88.4 Å². The number of ether oxygens (including phenoxy) is 2. The van der Waals surface area contributed by atoms with E-state index in [1.54, 1.807) is 12.3 Å². The number of benzene rings is 2. The molecule has 0 unspecified atom stereocenters. The van der Waals surface area contributed by atoms with Gasteiger partial charge in [-0.25, -0.2) is 4.39 Å². The molecule has 2 aromatic heterocycles. The van der Waals surface area contributed by atoms with E-state index in [0.29, 0.717) is 18.7 Å². The molecule has 4 rings (SSSR count). The molecule has 0 radical (unpaired) electrons. The number of halogens is 1. The maximum absolute atomic E-state index is 14.1. The summed E-state index contributed by atoms with van der Waals surface area (Å²) in [5, 5.41) is 1.10. The number of nitrogens with zero attached hydrogens (tertiary/aromatic N) is 2. The number of hydrogen-bond acceptors (Lipinski definition) is 6. The lowest BCUT2D eigenvalue weighted by Gasteiger charge is -2.23. The predicted octanol–water partition coefficient (Wildman–Crippen LogP) is 6.66. The Morgan fingerprint density at radius 3 is 2.63 bits per heavy atom. The second-order valence-corrected chi connectivity index (χ2v) is 13.3. The first-order valence-corrected chi connectivity index (χ1v) is 14.9. The first-order valence-electron chi connectivity index (χ1n) is 13.7. The third-order valence-corrected chi connectivity index (χ3v) is 8.14. The molecule has 1 atom stereocenters. The highest BCUT2D eigenvalue weighted by molar-refractivity contribution is 7.90. The molecule has 0 aliphatic heterocycles. The summed E-state index contributed by atoms with van der Waals surface area (Å²) in [6.45, 7) is 12.2. The molecule has 7 nitrogen and oxygen atoms in total. The number of rotatable bonds is 11. The molecule has 0 aliphatic rings. The van der Waals surface area contributed by atoms with E-state index >= 15 is 0 Å². The third-order valence-electron chi connectivity index (χ3n) is 6.62. The van der Waals surface area contributed by atoms with Crippen molar-refractivity contribution in [3.8, 4) is 16.9 Å². The van der Waals surface area contributed by atoms with Gasteiger partial charge in [-0.3, -0.25) is 9.78 Å². The molecule has 0 saturated heterocycles. The number of nitrogens with one attached hydrogen (secondary N) is 1. The molecule has 9 heteroatoms. The summed E-state index contributed by atoms with van der Waals surface area (Å²) >= 11 is -1.21. The first kappa shape index (κ1) is 30.6. The van der Waals surface area contributed by atoms with Gasteiger partial charge in [0.15, 0.2) is 0 Å². The van der Waals surface area contributed by atoms with Crippen LogP contribution in [0.2, 0.25) is 0 Å². The second kappa shape index (κ2) is 13.1.